The quantitative estimate of drug-likeness (QED) is 0.751. The molecule has 1 rings (SSSR count). The summed E-state index contributed by atoms with van der Waals surface area (Å²) in [6.45, 7) is 12.2. The van der Waals surface area contributed by atoms with Crippen LogP contribution >= 0.6 is 0 Å². The zero-order valence-corrected chi connectivity index (χ0v) is 13.8. The van der Waals surface area contributed by atoms with E-state index in [0.29, 0.717) is 12.6 Å². The van der Waals surface area contributed by atoms with E-state index in [2.05, 4.69) is 42.9 Å². The lowest BCUT2D eigenvalue weighted by molar-refractivity contribution is -0.125. The minimum atomic E-state index is -0.662. The number of primary amides is 1. The molecule has 0 bridgehead atoms. The molecule has 1 amide bonds. The molecule has 2 unspecified atom stereocenters. The van der Waals surface area contributed by atoms with Crippen molar-refractivity contribution in [3.05, 3.63) is 0 Å². The molecule has 0 aromatic heterocycles. The van der Waals surface area contributed by atoms with Crippen molar-refractivity contribution in [2.24, 2.45) is 5.73 Å². The van der Waals surface area contributed by atoms with Gasteiger partial charge in [-0.1, -0.05) is 6.92 Å². The lowest BCUT2D eigenvalue weighted by atomic mass is 9.98. The first kappa shape index (κ1) is 17.4. The summed E-state index contributed by atoms with van der Waals surface area (Å²) in [5, 5.41) is 3.35. The van der Waals surface area contributed by atoms with Crippen molar-refractivity contribution in [1.29, 1.82) is 0 Å². The van der Waals surface area contributed by atoms with E-state index in [1.54, 1.807) is 0 Å². The summed E-state index contributed by atoms with van der Waals surface area (Å²) in [5.41, 5.74) is 4.99. The maximum atomic E-state index is 11.9. The number of likely N-dealkylation sites (N-methyl/N-ethyl adjacent to an activating group) is 1. The molecule has 0 aromatic carbocycles. The molecule has 0 aromatic rings. The van der Waals surface area contributed by atoms with Gasteiger partial charge in [0, 0.05) is 25.2 Å². The van der Waals surface area contributed by atoms with E-state index in [9.17, 15) is 4.79 Å². The molecule has 2 atom stereocenters. The smallest absolute Gasteiger partial charge is 0.238 e. The Balaban J connectivity index is 2.82. The topological polar surface area (TPSA) is 61.6 Å². The standard InChI is InChI=1S/C15H32N4O/c1-6-13-10-18(5)8-7-9-19(13)11-15(4,14(16)20)17-12(2)3/h12-13,17H,6-11H2,1-5H3,(H2,16,20). The van der Waals surface area contributed by atoms with Crippen LogP contribution in [0.1, 0.15) is 40.5 Å². The van der Waals surface area contributed by atoms with Crippen LogP contribution in [0, 0.1) is 0 Å². The van der Waals surface area contributed by atoms with Crippen molar-refractivity contribution in [2.45, 2.75) is 58.2 Å². The molecular formula is C15H32N4O. The van der Waals surface area contributed by atoms with Gasteiger partial charge in [-0.3, -0.25) is 9.69 Å². The molecular weight excluding hydrogens is 252 g/mol. The number of nitrogens with zero attached hydrogens (tertiary/aromatic N) is 2. The first-order valence-corrected chi connectivity index (χ1v) is 7.78. The van der Waals surface area contributed by atoms with Crippen molar-refractivity contribution in [3.63, 3.8) is 0 Å². The molecule has 5 heteroatoms. The highest BCUT2D eigenvalue weighted by Crippen LogP contribution is 2.16. The van der Waals surface area contributed by atoms with E-state index >= 15 is 0 Å². The van der Waals surface area contributed by atoms with Gasteiger partial charge in [-0.05, 0) is 53.8 Å². The van der Waals surface area contributed by atoms with E-state index in [4.69, 9.17) is 5.73 Å². The molecule has 1 fully saturated rings. The average molecular weight is 284 g/mol. The third-order valence-corrected chi connectivity index (χ3v) is 4.17. The Hall–Kier alpha value is -0.650. The van der Waals surface area contributed by atoms with Gasteiger partial charge in [0.05, 0.1) is 0 Å². The number of carbonyl (C=O) groups is 1. The first-order valence-electron chi connectivity index (χ1n) is 7.78. The van der Waals surface area contributed by atoms with Crippen molar-refractivity contribution >= 4 is 5.91 Å². The molecule has 0 spiro atoms. The number of rotatable bonds is 6. The van der Waals surface area contributed by atoms with Crippen molar-refractivity contribution in [3.8, 4) is 0 Å². The average Bonchev–Trinajstić information content (AvgIpc) is 2.49. The van der Waals surface area contributed by atoms with Crippen LogP contribution in [-0.2, 0) is 4.79 Å². The molecule has 0 aliphatic carbocycles. The van der Waals surface area contributed by atoms with Gasteiger partial charge in [0.2, 0.25) is 5.91 Å². The number of nitrogens with two attached hydrogens (primary N) is 1. The Bertz CT molecular complexity index is 321. The number of hydrogen-bond acceptors (Lipinski definition) is 4. The largest absolute Gasteiger partial charge is 0.368 e. The molecule has 1 saturated heterocycles. The second kappa shape index (κ2) is 7.38. The molecule has 1 heterocycles. The highest BCUT2D eigenvalue weighted by Gasteiger charge is 2.36. The molecule has 0 radical (unpaired) electrons. The second-order valence-corrected chi connectivity index (χ2v) is 6.64. The van der Waals surface area contributed by atoms with Crippen LogP contribution in [0.3, 0.4) is 0 Å². The van der Waals surface area contributed by atoms with E-state index in [1.165, 1.54) is 0 Å². The molecule has 20 heavy (non-hydrogen) atoms. The fourth-order valence-corrected chi connectivity index (χ4v) is 3.13. The van der Waals surface area contributed by atoms with Gasteiger partial charge in [-0.25, -0.2) is 0 Å². The van der Waals surface area contributed by atoms with E-state index < -0.39 is 5.54 Å². The number of hydrogen-bond donors (Lipinski definition) is 2. The van der Waals surface area contributed by atoms with Crippen LogP contribution in [0.4, 0.5) is 0 Å². The van der Waals surface area contributed by atoms with Gasteiger partial charge in [0.25, 0.3) is 0 Å². The normalized spacial score (nSPS) is 25.4. The lowest BCUT2D eigenvalue weighted by Crippen LogP contribution is -2.62. The molecule has 118 valence electrons. The van der Waals surface area contributed by atoms with Gasteiger partial charge in [0.15, 0.2) is 0 Å². The van der Waals surface area contributed by atoms with Gasteiger partial charge in [0.1, 0.15) is 5.54 Å². The van der Waals surface area contributed by atoms with Gasteiger partial charge in [-0.15, -0.1) is 0 Å². The monoisotopic (exact) mass is 284 g/mol. The maximum absolute atomic E-state index is 11.9. The van der Waals surface area contributed by atoms with E-state index in [0.717, 1.165) is 32.5 Å². The van der Waals surface area contributed by atoms with E-state index in [-0.39, 0.29) is 11.9 Å². The highest BCUT2D eigenvalue weighted by atomic mass is 16.1. The van der Waals surface area contributed by atoms with Crippen LogP contribution in [0.25, 0.3) is 0 Å². The van der Waals surface area contributed by atoms with Gasteiger partial charge >= 0.3 is 0 Å². The predicted octanol–water partition coefficient (Wildman–Crippen LogP) is 0.645. The maximum Gasteiger partial charge on any atom is 0.238 e. The summed E-state index contributed by atoms with van der Waals surface area (Å²) >= 11 is 0. The summed E-state index contributed by atoms with van der Waals surface area (Å²) in [6.07, 6.45) is 2.24. The Kier molecular flexibility index (Phi) is 6.43. The van der Waals surface area contributed by atoms with Crippen molar-refractivity contribution < 1.29 is 4.79 Å². The van der Waals surface area contributed by atoms with Crippen molar-refractivity contribution in [2.75, 3.05) is 33.2 Å². The summed E-state index contributed by atoms with van der Waals surface area (Å²) in [4.78, 5) is 16.7. The molecule has 5 nitrogen and oxygen atoms in total. The minimum absolute atomic E-state index is 0.238. The lowest BCUT2D eigenvalue weighted by Gasteiger charge is -2.38. The molecule has 0 saturated carbocycles. The third kappa shape index (κ3) is 4.72. The first-order chi connectivity index (χ1) is 9.28. The second-order valence-electron chi connectivity index (χ2n) is 6.64. The Morgan fingerprint density at radius 2 is 2.10 bits per heavy atom. The summed E-state index contributed by atoms with van der Waals surface area (Å²) in [5.74, 6) is -0.265. The fraction of sp³-hybridized carbons (Fsp3) is 0.933. The van der Waals surface area contributed by atoms with Crippen LogP contribution in [0.2, 0.25) is 0 Å². The van der Waals surface area contributed by atoms with Crippen LogP contribution in [0.15, 0.2) is 0 Å². The zero-order valence-electron chi connectivity index (χ0n) is 13.8. The third-order valence-electron chi connectivity index (χ3n) is 4.17. The fourth-order valence-electron chi connectivity index (χ4n) is 3.13. The van der Waals surface area contributed by atoms with Gasteiger partial charge in [-0.2, -0.15) is 0 Å². The zero-order chi connectivity index (χ0) is 15.3. The predicted molar refractivity (Wildman–Crippen MR) is 83.6 cm³/mol. The van der Waals surface area contributed by atoms with Gasteiger partial charge < -0.3 is 16.0 Å². The van der Waals surface area contributed by atoms with Crippen LogP contribution in [-0.4, -0.2) is 66.6 Å². The van der Waals surface area contributed by atoms with E-state index in [1.807, 2.05) is 6.92 Å². The molecule has 3 N–H and O–H groups in total. The Labute approximate surface area is 123 Å². The highest BCUT2D eigenvalue weighted by molar-refractivity contribution is 5.84. The van der Waals surface area contributed by atoms with Crippen molar-refractivity contribution in [1.82, 2.24) is 15.1 Å². The molecule has 1 aliphatic rings. The van der Waals surface area contributed by atoms with Crippen LogP contribution < -0.4 is 11.1 Å². The SMILES string of the molecule is CCC1CN(C)CCCN1CC(C)(NC(C)C)C(N)=O. The summed E-state index contributed by atoms with van der Waals surface area (Å²) < 4.78 is 0. The minimum Gasteiger partial charge on any atom is -0.368 e. The Morgan fingerprint density at radius 1 is 1.45 bits per heavy atom. The number of amides is 1. The van der Waals surface area contributed by atoms with Crippen LogP contribution in [0.5, 0.6) is 0 Å². The summed E-state index contributed by atoms with van der Waals surface area (Å²) in [6, 6.07) is 0.734. The number of nitrogens with one attached hydrogen (secondary N) is 1. The molecule has 1 aliphatic heterocycles. The number of carbonyl (C=O) groups excluding carboxylic acids is 1. The summed E-state index contributed by atoms with van der Waals surface area (Å²) in [7, 11) is 2.17. The Morgan fingerprint density at radius 3 is 2.60 bits per heavy atom.